The molecule has 0 aliphatic carbocycles. The summed E-state index contributed by atoms with van der Waals surface area (Å²) in [6, 6.07) is 7.54. The van der Waals surface area contributed by atoms with E-state index >= 15 is 0 Å². The van der Waals surface area contributed by atoms with Gasteiger partial charge in [-0.1, -0.05) is 26.0 Å². The van der Waals surface area contributed by atoms with Crippen LogP contribution in [0.2, 0.25) is 0 Å². The maximum atomic E-state index is 12.2. The van der Waals surface area contributed by atoms with Crippen LogP contribution < -0.4 is 4.74 Å². The molecule has 0 saturated carbocycles. The van der Waals surface area contributed by atoms with E-state index in [1.54, 1.807) is 21.3 Å². The van der Waals surface area contributed by atoms with Gasteiger partial charge in [0.15, 0.2) is 11.6 Å². The fraction of sp³-hybridized carbons (Fsp3) is 0.833. The lowest BCUT2D eigenvalue weighted by Crippen LogP contribution is -2.63. The second kappa shape index (κ2) is 27.6. The van der Waals surface area contributed by atoms with E-state index in [0.717, 1.165) is 18.3 Å². The van der Waals surface area contributed by atoms with Gasteiger partial charge in [-0.05, 0) is 90.8 Å². The molecule has 13 atom stereocenters. The van der Waals surface area contributed by atoms with Crippen LogP contribution in [-0.4, -0.2) is 157 Å². The van der Waals surface area contributed by atoms with Crippen molar-refractivity contribution in [3.05, 3.63) is 29.8 Å². The van der Waals surface area contributed by atoms with Gasteiger partial charge in [-0.2, -0.15) is 0 Å². The number of alkyl halides is 1. The minimum atomic E-state index is -4.04. The standard InChI is InChI=1S/C48H81ClO18Si2/c1-12-56-68(57-13-2,58-14-3)65-44(33(7)20-25-37-43(49)41(54-11)30-47(63-37)27-26-34(8)48(67-47)31-40-39(64-48)29-42(51)62-40)46(66-69(59-15-4,60-16-5)61-17-6)45(38(53-10)19-18-28-50)55-32-35-21-23-36(52-9)24-22-35/h21-24,28,33-34,37-41,43-46H,12-20,25-27,29-32H2,1-11H3/t33-,34-,37+,38-,39-,40-,41+,43+,44-,45-,46-,47+,48-/m0/s1. The molecule has 0 radical (unpaired) electrons. The van der Waals surface area contributed by atoms with Gasteiger partial charge in [0.1, 0.15) is 36.5 Å². The van der Waals surface area contributed by atoms with Crippen molar-refractivity contribution in [1.29, 1.82) is 0 Å². The fourth-order valence-corrected chi connectivity index (χ4v) is 14.6. The molecule has 1 aromatic carbocycles. The third kappa shape index (κ3) is 14.8. The lowest BCUT2D eigenvalue weighted by molar-refractivity contribution is -0.413. The number of fused-ring (bicyclic) bond motifs is 1. The van der Waals surface area contributed by atoms with Crippen LogP contribution in [0.4, 0.5) is 0 Å². The predicted octanol–water partition coefficient (Wildman–Crippen LogP) is 7.21. The summed E-state index contributed by atoms with van der Waals surface area (Å²) in [5.41, 5.74) is 0.845. The molecule has 0 aromatic heterocycles. The van der Waals surface area contributed by atoms with Crippen LogP contribution in [0.15, 0.2) is 24.3 Å². The quantitative estimate of drug-likeness (QED) is 0.0305. The molecule has 4 heterocycles. The number of rotatable bonds is 32. The molecule has 2 spiro atoms. The number of benzene rings is 1. The summed E-state index contributed by atoms with van der Waals surface area (Å²) in [7, 11) is -3.20. The SMILES string of the molecule is CCO[Si](OCC)(OCC)O[C@H]([C@@H](OCc1ccc(OC)cc1)[C@H](CCC=O)OC)[C@@H](O[Si](OCC)(OCC)OCC)[C@@H](C)CC[C@H]1O[C@@]2(CC[C@H](C)[C@]3(C[C@@H]4OC(=O)C[C@@H]4O3)O2)C[C@@H](OC)[C@@H]1Cl. The van der Waals surface area contributed by atoms with Crippen molar-refractivity contribution in [2.24, 2.45) is 11.8 Å². The summed E-state index contributed by atoms with van der Waals surface area (Å²) in [5.74, 6) is -2.06. The first-order valence-corrected chi connectivity index (χ1v) is 28.7. The van der Waals surface area contributed by atoms with Crippen molar-refractivity contribution in [3.63, 3.8) is 0 Å². The molecule has 0 N–H and O–H groups in total. The number of methoxy groups -OCH3 is 3. The van der Waals surface area contributed by atoms with Gasteiger partial charge in [-0.15, -0.1) is 11.6 Å². The second-order valence-electron chi connectivity index (χ2n) is 17.9. The van der Waals surface area contributed by atoms with Gasteiger partial charge in [-0.3, -0.25) is 4.79 Å². The number of ether oxygens (including phenoxy) is 8. The van der Waals surface area contributed by atoms with E-state index in [-0.39, 0.29) is 89.6 Å². The molecule has 4 aliphatic rings. The Hall–Kier alpha value is -1.68. The molecule has 0 amide bonds. The topological polar surface area (TPSA) is 182 Å². The third-order valence-corrected chi connectivity index (χ3v) is 18.8. The fourth-order valence-electron chi connectivity index (χ4n) is 9.92. The van der Waals surface area contributed by atoms with Gasteiger partial charge >= 0.3 is 24.1 Å². The number of hydrogen-bond donors (Lipinski definition) is 0. The predicted molar refractivity (Wildman–Crippen MR) is 256 cm³/mol. The second-order valence-corrected chi connectivity index (χ2v) is 22.6. The first kappa shape index (κ1) is 58.2. The van der Waals surface area contributed by atoms with Crippen molar-refractivity contribution < 1.29 is 82.9 Å². The van der Waals surface area contributed by atoms with Gasteiger partial charge in [-0.25, -0.2) is 0 Å². The number of carbonyl (C=O) groups is 2. The molecule has 4 saturated heterocycles. The monoisotopic (exact) mass is 1040 g/mol. The summed E-state index contributed by atoms with van der Waals surface area (Å²) in [6.07, 6.45) is -0.952. The van der Waals surface area contributed by atoms with Gasteiger partial charge in [0.05, 0.1) is 49.9 Å². The van der Waals surface area contributed by atoms with Crippen molar-refractivity contribution in [3.8, 4) is 5.75 Å². The van der Waals surface area contributed by atoms with Crippen LogP contribution in [0.5, 0.6) is 5.75 Å². The maximum absolute atomic E-state index is 12.2. The normalized spacial score (nSPS) is 29.4. The first-order chi connectivity index (χ1) is 33.2. The van der Waals surface area contributed by atoms with Gasteiger partial charge in [0.2, 0.25) is 0 Å². The summed E-state index contributed by atoms with van der Waals surface area (Å²) < 4.78 is 104. The highest BCUT2D eigenvalue weighted by Crippen LogP contribution is 2.54. The highest BCUT2D eigenvalue weighted by Gasteiger charge is 2.63. The van der Waals surface area contributed by atoms with E-state index < -0.39 is 77.6 Å². The molecule has 396 valence electrons. The van der Waals surface area contributed by atoms with Crippen molar-refractivity contribution in [2.45, 2.75) is 186 Å². The highest BCUT2D eigenvalue weighted by atomic mass is 35.5. The maximum Gasteiger partial charge on any atom is 0.680 e. The molecule has 1 aromatic rings. The zero-order valence-electron chi connectivity index (χ0n) is 42.8. The largest absolute Gasteiger partial charge is 0.680 e. The molecule has 0 bridgehead atoms. The van der Waals surface area contributed by atoms with Crippen LogP contribution in [0.3, 0.4) is 0 Å². The number of halogens is 1. The zero-order valence-corrected chi connectivity index (χ0v) is 45.5. The van der Waals surface area contributed by atoms with Gasteiger partial charge in [0, 0.05) is 85.5 Å². The molecular formula is C48H81ClO18Si2. The lowest BCUT2D eigenvalue weighted by Gasteiger charge is -2.54. The molecule has 69 heavy (non-hydrogen) atoms. The van der Waals surface area contributed by atoms with Gasteiger partial charge in [0.25, 0.3) is 0 Å². The Balaban J connectivity index is 1.59. The molecule has 21 heteroatoms. The number of hydrogen-bond acceptors (Lipinski definition) is 18. The van der Waals surface area contributed by atoms with E-state index in [1.165, 1.54) is 0 Å². The Kier molecular flexibility index (Phi) is 23.3. The van der Waals surface area contributed by atoms with E-state index in [1.807, 2.05) is 72.7 Å². The molecule has 5 rings (SSSR count). The van der Waals surface area contributed by atoms with E-state index in [0.29, 0.717) is 37.9 Å². The Morgan fingerprint density at radius 2 is 1.39 bits per heavy atom. The molecule has 18 nitrogen and oxygen atoms in total. The van der Waals surface area contributed by atoms with Crippen LogP contribution in [-0.2, 0) is 84.8 Å². The average molecular weight is 1040 g/mol. The number of carbonyl (C=O) groups excluding carboxylic acids is 2. The number of aldehydes is 1. The molecule has 0 unspecified atom stereocenters. The summed E-state index contributed by atoms with van der Waals surface area (Å²) >= 11 is 7.33. The van der Waals surface area contributed by atoms with Crippen LogP contribution in [0.1, 0.15) is 119 Å². The van der Waals surface area contributed by atoms with E-state index in [2.05, 4.69) is 6.92 Å². The smallest absolute Gasteiger partial charge is 0.497 e. The van der Waals surface area contributed by atoms with Gasteiger partial charge < -0.3 is 78.1 Å². The summed E-state index contributed by atoms with van der Waals surface area (Å²) in [6.45, 7) is 16.7. The minimum absolute atomic E-state index is 0.0209. The van der Waals surface area contributed by atoms with Crippen molar-refractivity contribution >= 4 is 42.0 Å². The first-order valence-electron chi connectivity index (χ1n) is 25.0. The third-order valence-electron chi connectivity index (χ3n) is 13.3. The minimum Gasteiger partial charge on any atom is -0.497 e. The van der Waals surface area contributed by atoms with E-state index in [9.17, 15) is 9.59 Å². The number of esters is 1. The Morgan fingerprint density at radius 3 is 1.91 bits per heavy atom. The van der Waals surface area contributed by atoms with E-state index in [4.69, 9.17) is 84.9 Å². The summed E-state index contributed by atoms with van der Waals surface area (Å²) in [5, 5.41) is -0.553. The highest BCUT2D eigenvalue weighted by molar-refractivity contribution is 6.54. The Bertz CT molecular complexity index is 1630. The molecular weight excluding hydrogens is 956 g/mol. The zero-order chi connectivity index (χ0) is 50.2. The Labute approximate surface area is 417 Å². The molecule has 4 fully saturated rings. The van der Waals surface area contributed by atoms with Crippen LogP contribution in [0.25, 0.3) is 0 Å². The van der Waals surface area contributed by atoms with Crippen molar-refractivity contribution in [2.75, 3.05) is 61.0 Å². The molecule has 4 aliphatic heterocycles. The van der Waals surface area contributed by atoms with Crippen molar-refractivity contribution in [1.82, 2.24) is 0 Å². The van der Waals surface area contributed by atoms with Crippen LogP contribution >= 0.6 is 11.6 Å². The van der Waals surface area contributed by atoms with Crippen LogP contribution in [0, 0.1) is 11.8 Å². The Morgan fingerprint density at radius 1 is 0.797 bits per heavy atom. The average Bonchev–Trinajstić information content (AvgIpc) is 3.84. The lowest BCUT2D eigenvalue weighted by atomic mass is 9.82. The summed E-state index contributed by atoms with van der Waals surface area (Å²) in [4.78, 5) is 24.2.